The topological polar surface area (TPSA) is 82.1 Å². The molecule has 2 rings (SSSR count). The number of methoxy groups -OCH3 is 2. The van der Waals surface area contributed by atoms with Crippen LogP contribution in [0.4, 0.5) is 0 Å². The van der Waals surface area contributed by atoms with Crippen molar-refractivity contribution in [2.75, 3.05) is 21.3 Å². The molecule has 21 heavy (non-hydrogen) atoms. The maximum atomic E-state index is 5.33. The highest BCUT2D eigenvalue weighted by atomic mass is 16.5. The van der Waals surface area contributed by atoms with Crippen molar-refractivity contribution < 1.29 is 9.47 Å². The van der Waals surface area contributed by atoms with Crippen LogP contribution in [0.25, 0.3) is 0 Å². The molecule has 1 atom stereocenters. The van der Waals surface area contributed by atoms with E-state index in [1.165, 1.54) is 0 Å². The van der Waals surface area contributed by atoms with E-state index in [0.717, 1.165) is 17.0 Å². The van der Waals surface area contributed by atoms with Gasteiger partial charge in [-0.15, -0.1) is 0 Å². The zero-order chi connectivity index (χ0) is 15.4. The van der Waals surface area contributed by atoms with Crippen molar-refractivity contribution in [2.24, 2.45) is 0 Å². The first-order valence-electron chi connectivity index (χ1n) is 6.53. The molecule has 2 heterocycles. The average molecular weight is 289 g/mol. The van der Waals surface area contributed by atoms with Crippen LogP contribution in [0.5, 0.6) is 11.8 Å². The Morgan fingerprint density at radius 3 is 2.52 bits per heavy atom. The Morgan fingerprint density at radius 2 is 1.90 bits per heavy atom. The van der Waals surface area contributed by atoms with Gasteiger partial charge in [-0.25, -0.2) is 4.98 Å². The minimum absolute atomic E-state index is 0.187. The Kier molecular flexibility index (Phi) is 4.64. The largest absolute Gasteiger partial charge is 0.480 e. The molecule has 0 saturated heterocycles. The summed E-state index contributed by atoms with van der Waals surface area (Å²) >= 11 is 0. The summed E-state index contributed by atoms with van der Waals surface area (Å²) in [5.41, 5.74) is 3.34. The van der Waals surface area contributed by atoms with Crippen LogP contribution in [0.1, 0.15) is 28.7 Å². The quantitative estimate of drug-likeness (QED) is 0.885. The molecule has 2 aromatic heterocycles. The van der Waals surface area contributed by atoms with E-state index >= 15 is 0 Å². The summed E-state index contributed by atoms with van der Waals surface area (Å²) in [6.07, 6.45) is 1.57. The van der Waals surface area contributed by atoms with Crippen molar-refractivity contribution in [1.82, 2.24) is 25.5 Å². The Balaban J connectivity index is 2.53. The summed E-state index contributed by atoms with van der Waals surface area (Å²) in [5.74, 6) is 0.828. The maximum absolute atomic E-state index is 5.33. The third kappa shape index (κ3) is 3.08. The molecule has 2 aromatic rings. The van der Waals surface area contributed by atoms with E-state index in [2.05, 4.69) is 25.5 Å². The summed E-state index contributed by atoms with van der Waals surface area (Å²) in [5, 5.41) is 11.4. The molecule has 0 fully saturated rings. The fourth-order valence-electron chi connectivity index (χ4n) is 2.11. The molecule has 0 bridgehead atoms. The van der Waals surface area contributed by atoms with Gasteiger partial charge < -0.3 is 14.8 Å². The second-order valence-corrected chi connectivity index (χ2v) is 4.56. The van der Waals surface area contributed by atoms with Crippen molar-refractivity contribution in [3.8, 4) is 11.8 Å². The Bertz CT molecular complexity index is 633. The molecule has 0 spiro atoms. The van der Waals surface area contributed by atoms with Gasteiger partial charge in [-0.3, -0.25) is 0 Å². The first-order chi connectivity index (χ1) is 10.1. The molecule has 0 aliphatic carbocycles. The zero-order valence-electron chi connectivity index (χ0n) is 12.8. The lowest BCUT2D eigenvalue weighted by molar-refractivity contribution is 0.353. The summed E-state index contributed by atoms with van der Waals surface area (Å²) in [6, 6.07) is 1.79. The van der Waals surface area contributed by atoms with Gasteiger partial charge in [0.2, 0.25) is 11.8 Å². The first-order valence-corrected chi connectivity index (χ1v) is 6.53. The lowest BCUT2D eigenvalue weighted by atomic mass is 10.0. The number of ether oxygens (including phenoxy) is 2. The molecular formula is C14H19N5O2. The number of aryl methyl sites for hydroxylation is 2. The fourth-order valence-corrected chi connectivity index (χ4v) is 2.11. The molecule has 1 N–H and O–H groups in total. The molecule has 0 amide bonds. The Morgan fingerprint density at radius 1 is 1.14 bits per heavy atom. The highest BCUT2D eigenvalue weighted by molar-refractivity contribution is 5.36. The van der Waals surface area contributed by atoms with E-state index < -0.39 is 0 Å². The second kappa shape index (κ2) is 6.45. The predicted molar refractivity (Wildman–Crippen MR) is 77.5 cm³/mol. The van der Waals surface area contributed by atoms with Crippen molar-refractivity contribution in [3.63, 3.8) is 0 Å². The van der Waals surface area contributed by atoms with E-state index in [0.29, 0.717) is 17.5 Å². The van der Waals surface area contributed by atoms with Gasteiger partial charge in [0.05, 0.1) is 37.8 Å². The molecule has 1 unspecified atom stereocenters. The van der Waals surface area contributed by atoms with Gasteiger partial charge in [-0.05, 0) is 27.0 Å². The summed E-state index contributed by atoms with van der Waals surface area (Å²) in [4.78, 5) is 8.69. The van der Waals surface area contributed by atoms with Crippen LogP contribution in [-0.2, 0) is 0 Å². The van der Waals surface area contributed by atoms with Crippen molar-refractivity contribution in [1.29, 1.82) is 0 Å². The predicted octanol–water partition coefficient (Wildman–Crippen LogP) is 1.21. The second-order valence-electron chi connectivity index (χ2n) is 4.56. The van der Waals surface area contributed by atoms with E-state index in [1.807, 2.05) is 27.0 Å². The van der Waals surface area contributed by atoms with Gasteiger partial charge in [0.25, 0.3) is 0 Å². The Hall–Kier alpha value is -2.28. The van der Waals surface area contributed by atoms with Gasteiger partial charge in [0.1, 0.15) is 5.69 Å². The van der Waals surface area contributed by atoms with E-state index in [4.69, 9.17) is 9.47 Å². The number of aromatic nitrogens is 4. The van der Waals surface area contributed by atoms with Crippen molar-refractivity contribution in [2.45, 2.75) is 19.9 Å². The van der Waals surface area contributed by atoms with Crippen LogP contribution in [0.2, 0.25) is 0 Å². The fraction of sp³-hybridized carbons (Fsp3) is 0.429. The SMILES string of the molecule is CNC(c1cc(C)nnc1C)c1ncc(OC)nc1OC. The van der Waals surface area contributed by atoms with Crippen LogP contribution in [-0.4, -0.2) is 41.4 Å². The number of nitrogens with zero attached hydrogens (tertiary/aromatic N) is 4. The van der Waals surface area contributed by atoms with Gasteiger partial charge in [-0.2, -0.15) is 15.2 Å². The Labute approximate surface area is 123 Å². The van der Waals surface area contributed by atoms with Crippen molar-refractivity contribution in [3.05, 3.63) is 34.9 Å². The minimum Gasteiger partial charge on any atom is -0.480 e. The molecule has 112 valence electrons. The first kappa shape index (κ1) is 15.1. The number of rotatable bonds is 5. The van der Waals surface area contributed by atoms with E-state index in [-0.39, 0.29) is 6.04 Å². The molecular weight excluding hydrogens is 270 g/mol. The summed E-state index contributed by atoms with van der Waals surface area (Å²) < 4.78 is 10.4. The number of hydrogen-bond acceptors (Lipinski definition) is 7. The number of hydrogen-bond donors (Lipinski definition) is 1. The van der Waals surface area contributed by atoms with Gasteiger partial charge in [0, 0.05) is 5.56 Å². The third-order valence-electron chi connectivity index (χ3n) is 3.16. The van der Waals surface area contributed by atoms with Crippen LogP contribution in [0.3, 0.4) is 0 Å². The normalized spacial score (nSPS) is 12.0. The van der Waals surface area contributed by atoms with Crippen LogP contribution < -0.4 is 14.8 Å². The van der Waals surface area contributed by atoms with E-state index in [9.17, 15) is 0 Å². The highest BCUT2D eigenvalue weighted by Gasteiger charge is 2.22. The lowest BCUT2D eigenvalue weighted by Gasteiger charge is -2.19. The zero-order valence-corrected chi connectivity index (χ0v) is 12.8. The van der Waals surface area contributed by atoms with E-state index in [1.54, 1.807) is 20.4 Å². The third-order valence-corrected chi connectivity index (χ3v) is 3.16. The smallest absolute Gasteiger partial charge is 0.240 e. The molecule has 0 aliphatic rings. The van der Waals surface area contributed by atoms with Gasteiger partial charge in [0.15, 0.2) is 0 Å². The summed E-state index contributed by atoms with van der Waals surface area (Å²) in [7, 11) is 4.95. The molecule has 0 radical (unpaired) electrons. The monoisotopic (exact) mass is 289 g/mol. The molecule has 0 aromatic carbocycles. The van der Waals surface area contributed by atoms with Crippen LogP contribution >= 0.6 is 0 Å². The van der Waals surface area contributed by atoms with Crippen LogP contribution in [0, 0.1) is 13.8 Å². The maximum Gasteiger partial charge on any atom is 0.240 e. The van der Waals surface area contributed by atoms with Crippen LogP contribution in [0.15, 0.2) is 12.3 Å². The number of nitrogens with one attached hydrogen (secondary N) is 1. The highest BCUT2D eigenvalue weighted by Crippen LogP contribution is 2.29. The average Bonchev–Trinajstić information content (AvgIpc) is 2.51. The van der Waals surface area contributed by atoms with Gasteiger partial charge in [-0.1, -0.05) is 0 Å². The molecule has 0 aliphatic heterocycles. The van der Waals surface area contributed by atoms with Crippen molar-refractivity contribution >= 4 is 0 Å². The summed E-state index contributed by atoms with van der Waals surface area (Å²) in [6.45, 7) is 3.81. The lowest BCUT2D eigenvalue weighted by Crippen LogP contribution is -2.22. The minimum atomic E-state index is -0.187. The van der Waals surface area contributed by atoms with Gasteiger partial charge >= 0.3 is 0 Å². The molecule has 7 heteroatoms. The molecule has 7 nitrogen and oxygen atoms in total. The molecule has 0 saturated carbocycles. The standard InChI is InChI=1S/C14H19N5O2/c1-8-6-10(9(2)19-18-8)12(15-3)13-14(21-5)17-11(20-4)7-16-13/h6-7,12,15H,1-5H3.